The molecule has 0 aromatic carbocycles. The lowest BCUT2D eigenvalue weighted by Gasteiger charge is -2.06. The zero-order valence-electron chi connectivity index (χ0n) is 10.6. The summed E-state index contributed by atoms with van der Waals surface area (Å²) < 4.78 is 5.18. The smallest absolute Gasteiger partial charge is 0.100 e. The van der Waals surface area contributed by atoms with Gasteiger partial charge in [-0.15, -0.1) is 0 Å². The summed E-state index contributed by atoms with van der Waals surface area (Å²) in [5.41, 5.74) is 2.63. The van der Waals surface area contributed by atoms with Gasteiger partial charge in [0.1, 0.15) is 6.10 Å². The summed E-state index contributed by atoms with van der Waals surface area (Å²) in [6, 6.07) is 0. The molecular formula is C13H24O3. The zero-order chi connectivity index (χ0) is 12.4. The quantitative estimate of drug-likeness (QED) is 0.494. The highest BCUT2D eigenvalue weighted by Crippen LogP contribution is 2.06. The predicted octanol–water partition coefficient (Wildman–Crippen LogP) is 2.05. The number of rotatable bonds is 8. The minimum Gasteiger partial charge on any atom is -0.394 e. The summed E-state index contributed by atoms with van der Waals surface area (Å²) >= 11 is 0. The first-order valence-corrected chi connectivity index (χ1v) is 5.72. The number of hydrogen-bond donors (Lipinski definition) is 2. The summed E-state index contributed by atoms with van der Waals surface area (Å²) in [4.78, 5) is 0. The normalized spacial score (nSPS) is 13.7. The van der Waals surface area contributed by atoms with Crippen LogP contribution in [0.25, 0.3) is 0 Å². The molecule has 0 saturated heterocycles. The summed E-state index contributed by atoms with van der Waals surface area (Å²) in [5.74, 6) is 0. The van der Waals surface area contributed by atoms with Crippen molar-refractivity contribution < 1.29 is 14.9 Å². The third kappa shape index (κ3) is 9.90. The van der Waals surface area contributed by atoms with Crippen LogP contribution in [0.4, 0.5) is 0 Å². The lowest BCUT2D eigenvalue weighted by atomic mass is 10.1. The Kier molecular flexibility index (Phi) is 9.19. The van der Waals surface area contributed by atoms with Gasteiger partial charge in [-0.05, 0) is 33.6 Å². The number of allylic oxidation sites excluding steroid dienone is 3. The van der Waals surface area contributed by atoms with Crippen LogP contribution in [0.15, 0.2) is 23.3 Å². The molecule has 3 nitrogen and oxygen atoms in total. The second-order valence-corrected chi connectivity index (χ2v) is 4.24. The Labute approximate surface area is 98.4 Å². The SMILES string of the molecule is CC(C)=CCC/C(C)=C/COC[C@@H](O)CO. The van der Waals surface area contributed by atoms with Crippen molar-refractivity contribution in [3.05, 3.63) is 23.3 Å². The van der Waals surface area contributed by atoms with E-state index >= 15 is 0 Å². The molecule has 0 radical (unpaired) electrons. The van der Waals surface area contributed by atoms with Crippen LogP contribution in [0.2, 0.25) is 0 Å². The standard InChI is InChI=1S/C13H24O3/c1-11(2)5-4-6-12(3)7-8-16-10-13(15)9-14/h5,7,13-15H,4,6,8-10H2,1-3H3/b12-7+/t13-/m0/s1. The molecule has 0 fully saturated rings. The lowest BCUT2D eigenvalue weighted by Crippen LogP contribution is -2.19. The highest BCUT2D eigenvalue weighted by molar-refractivity contribution is 5.02. The maximum Gasteiger partial charge on any atom is 0.100 e. The topological polar surface area (TPSA) is 49.7 Å². The van der Waals surface area contributed by atoms with Crippen LogP contribution < -0.4 is 0 Å². The fourth-order valence-electron chi connectivity index (χ4n) is 1.15. The van der Waals surface area contributed by atoms with E-state index in [1.165, 1.54) is 11.1 Å². The molecule has 0 aromatic heterocycles. The molecule has 0 unspecified atom stereocenters. The maximum absolute atomic E-state index is 9.02. The predicted molar refractivity (Wildman–Crippen MR) is 66.3 cm³/mol. The molecule has 0 aliphatic heterocycles. The van der Waals surface area contributed by atoms with Crippen molar-refractivity contribution in [2.24, 2.45) is 0 Å². The van der Waals surface area contributed by atoms with Crippen molar-refractivity contribution in [2.45, 2.75) is 39.7 Å². The van der Waals surface area contributed by atoms with Crippen molar-refractivity contribution in [1.82, 2.24) is 0 Å². The van der Waals surface area contributed by atoms with Crippen molar-refractivity contribution in [3.8, 4) is 0 Å². The summed E-state index contributed by atoms with van der Waals surface area (Å²) in [6.07, 6.45) is 5.57. The van der Waals surface area contributed by atoms with Gasteiger partial charge in [-0.3, -0.25) is 0 Å². The van der Waals surface area contributed by atoms with E-state index in [2.05, 4.69) is 26.8 Å². The van der Waals surface area contributed by atoms with Crippen molar-refractivity contribution >= 4 is 0 Å². The third-order valence-electron chi connectivity index (χ3n) is 2.16. The molecule has 3 heteroatoms. The van der Waals surface area contributed by atoms with Crippen LogP contribution in [-0.2, 0) is 4.74 Å². The molecule has 0 heterocycles. The second-order valence-electron chi connectivity index (χ2n) is 4.24. The maximum atomic E-state index is 9.02. The van der Waals surface area contributed by atoms with E-state index in [1.54, 1.807) is 0 Å². The molecule has 16 heavy (non-hydrogen) atoms. The zero-order valence-corrected chi connectivity index (χ0v) is 10.6. The molecule has 0 aliphatic carbocycles. The molecule has 2 N–H and O–H groups in total. The van der Waals surface area contributed by atoms with Crippen molar-refractivity contribution in [2.75, 3.05) is 19.8 Å². The van der Waals surface area contributed by atoms with E-state index in [4.69, 9.17) is 14.9 Å². The van der Waals surface area contributed by atoms with Crippen LogP contribution in [0, 0.1) is 0 Å². The van der Waals surface area contributed by atoms with Gasteiger partial charge in [-0.25, -0.2) is 0 Å². The first-order valence-electron chi connectivity index (χ1n) is 5.72. The van der Waals surface area contributed by atoms with Gasteiger partial charge in [0, 0.05) is 0 Å². The minimum atomic E-state index is -0.764. The van der Waals surface area contributed by atoms with Crippen LogP contribution in [0.1, 0.15) is 33.6 Å². The third-order valence-corrected chi connectivity index (χ3v) is 2.16. The molecule has 0 spiro atoms. The number of hydrogen-bond acceptors (Lipinski definition) is 3. The average Bonchev–Trinajstić information content (AvgIpc) is 2.23. The Balaban J connectivity index is 3.59. The molecule has 0 saturated carbocycles. The summed E-state index contributed by atoms with van der Waals surface area (Å²) in [7, 11) is 0. The molecule has 0 amide bonds. The minimum absolute atomic E-state index is 0.189. The molecule has 94 valence electrons. The van der Waals surface area contributed by atoms with E-state index in [0.717, 1.165) is 12.8 Å². The molecule has 0 aliphatic rings. The molecule has 0 aromatic rings. The molecule has 0 bridgehead atoms. The number of aliphatic hydroxyl groups excluding tert-OH is 2. The Morgan fingerprint density at radius 3 is 2.50 bits per heavy atom. The Bertz CT molecular complexity index is 227. The van der Waals surface area contributed by atoms with Crippen molar-refractivity contribution in [3.63, 3.8) is 0 Å². The highest BCUT2D eigenvalue weighted by Gasteiger charge is 1.99. The van der Waals surface area contributed by atoms with Crippen molar-refractivity contribution in [1.29, 1.82) is 0 Å². The van der Waals surface area contributed by atoms with E-state index < -0.39 is 6.10 Å². The van der Waals surface area contributed by atoms with Gasteiger partial charge in [-0.1, -0.05) is 23.3 Å². The van der Waals surface area contributed by atoms with Gasteiger partial charge in [0.15, 0.2) is 0 Å². The van der Waals surface area contributed by atoms with Crippen LogP contribution in [-0.4, -0.2) is 36.1 Å². The van der Waals surface area contributed by atoms with Crippen LogP contribution in [0.3, 0.4) is 0 Å². The van der Waals surface area contributed by atoms with Crippen LogP contribution >= 0.6 is 0 Å². The monoisotopic (exact) mass is 228 g/mol. The lowest BCUT2D eigenvalue weighted by molar-refractivity contribution is 0.0148. The van der Waals surface area contributed by atoms with Gasteiger partial charge < -0.3 is 14.9 Å². The van der Waals surface area contributed by atoms with Gasteiger partial charge in [0.05, 0.1) is 19.8 Å². The average molecular weight is 228 g/mol. The second kappa shape index (κ2) is 9.58. The van der Waals surface area contributed by atoms with Gasteiger partial charge in [0.25, 0.3) is 0 Å². The van der Waals surface area contributed by atoms with E-state index in [-0.39, 0.29) is 13.2 Å². The summed E-state index contributed by atoms with van der Waals surface area (Å²) in [5, 5.41) is 17.6. The van der Waals surface area contributed by atoms with E-state index in [0.29, 0.717) is 6.61 Å². The van der Waals surface area contributed by atoms with Gasteiger partial charge >= 0.3 is 0 Å². The fraction of sp³-hybridized carbons (Fsp3) is 0.692. The van der Waals surface area contributed by atoms with Gasteiger partial charge in [-0.2, -0.15) is 0 Å². The van der Waals surface area contributed by atoms with Crippen LogP contribution in [0.5, 0.6) is 0 Å². The summed E-state index contributed by atoms with van der Waals surface area (Å²) in [6.45, 7) is 6.71. The highest BCUT2D eigenvalue weighted by atomic mass is 16.5. The first-order chi connectivity index (χ1) is 7.56. The Morgan fingerprint density at radius 1 is 1.25 bits per heavy atom. The Morgan fingerprint density at radius 2 is 1.94 bits per heavy atom. The number of ether oxygens (including phenoxy) is 1. The number of aliphatic hydroxyl groups is 2. The molecule has 1 atom stereocenters. The largest absolute Gasteiger partial charge is 0.394 e. The molecule has 0 rings (SSSR count). The fourth-order valence-corrected chi connectivity index (χ4v) is 1.15. The molecular weight excluding hydrogens is 204 g/mol. The first kappa shape index (κ1) is 15.4. The Hall–Kier alpha value is -0.640. The van der Waals surface area contributed by atoms with Gasteiger partial charge in [0.2, 0.25) is 0 Å². The van der Waals surface area contributed by atoms with E-state index in [9.17, 15) is 0 Å². The van der Waals surface area contributed by atoms with E-state index in [1.807, 2.05) is 6.08 Å².